The van der Waals surface area contributed by atoms with Crippen LogP contribution in [0.1, 0.15) is 22.8 Å². The standard InChI is InChI=1S/C29H30O8/c1-34-26-14-19(5-10-24(26)31)13-21-16-37-29(20-7-11-25(32)27(15-20)35-2)23(21)17-36-28(33)12-6-18-3-8-22(30)9-4-18/h3-12,14-15,21,23,29-32H,13,16-17H2,1-2H3/b12-6+/t21-,23-,29+/m0/s1. The van der Waals surface area contributed by atoms with Gasteiger partial charge >= 0.3 is 5.97 Å². The van der Waals surface area contributed by atoms with Gasteiger partial charge in [0.15, 0.2) is 23.0 Å². The summed E-state index contributed by atoms with van der Waals surface area (Å²) < 4.78 is 22.3. The molecule has 37 heavy (non-hydrogen) atoms. The Balaban J connectivity index is 1.52. The highest BCUT2D eigenvalue weighted by Gasteiger charge is 2.39. The third kappa shape index (κ3) is 6.34. The highest BCUT2D eigenvalue weighted by Crippen LogP contribution is 2.43. The Hall–Kier alpha value is -4.17. The Kier molecular flexibility index (Phi) is 8.20. The van der Waals surface area contributed by atoms with E-state index in [0.29, 0.717) is 24.5 Å². The number of methoxy groups -OCH3 is 2. The van der Waals surface area contributed by atoms with Crippen molar-refractivity contribution in [1.82, 2.24) is 0 Å². The zero-order valence-corrected chi connectivity index (χ0v) is 20.7. The lowest BCUT2D eigenvalue weighted by Crippen LogP contribution is -2.24. The Morgan fingerprint density at radius 2 is 1.62 bits per heavy atom. The second kappa shape index (κ2) is 11.7. The summed E-state index contributed by atoms with van der Waals surface area (Å²) in [5.41, 5.74) is 2.52. The highest BCUT2D eigenvalue weighted by atomic mass is 16.5. The molecule has 0 aromatic heterocycles. The molecule has 3 aromatic rings. The predicted molar refractivity (Wildman–Crippen MR) is 137 cm³/mol. The van der Waals surface area contributed by atoms with E-state index in [4.69, 9.17) is 18.9 Å². The molecule has 0 spiro atoms. The van der Waals surface area contributed by atoms with Gasteiger partial charge in [0.05, 0.1) is 33.5 Å². The number of phenols is 3. The Bertz CT molecular complexity index is 1250. The summed E-state index contributed by atoms with van der Waals surface area (Å²) in [4.78, 5) is 12.5. The van der Waals surface area contributed by atoms with Crippen molar-refractivity contribution in [3.63, 3.8) is 0 Å². The quantitative estimate of drug-likeness (QED) is 0.284. The van der Waals surface area contributed by atoms with Crippen LogP contribution in [0.2, 0.25) is 0 Å². The summed E-state index contributed by atoms with van der Waals surface area (Å²) in [6.07, 6.45) is 3.21. The van der Waals surface area contributed by atoms with Crippen LogP contribution in [0.3, 0.4) is 0 Å². The van der Waals surface area contributed by atoms with E-state index >= 15 is 0 Å². The molecule has 3 N–H and O–H groups in total. The van der Waals surface area contributed by atoms with Crippen molar-refractivity contribution in [3.05, 3.63) is 83.4 Å². The number of ether oxygens (including phenoxy) is 4. The number of hydrogen-bond acceptors (Lipinski definition) is 8. The number of rotatable bonds is 9. The van der Waals surface area contributed by atoms with Crippen LogP contribution in [0.4, 0.5) is 0 Å². The van der Waals surface area contributed by atoms with E-state index < -0.39 is 5.97 Å². The molecule has 0 radical (unpaired) electrons. The van der Waals surface area contributed by atoms with Gasteiger partial charge in [-0.1, -0.05) is 24.3 Å². The molecule has 1 heterocycles. The average Bonchev–Trinajstić information content (AvgIpc) is 3.30. The zero-order chi connectivity index (χ0) is 26.4. The van der Waals surface area contributed by atoms with Crippen LogP contribution < -0.4 is 9.47 Å². The fraction of sp³-hybridized carbons (Fsp3) is 0.276. The van der Waals surface area contributed by atoms with Crippen molar-refractivity contribution in [2.24, 2.45) is 11.8 Å². The zero-order valence-electron chi connectivity index (χ0n) is 20.7. The van der Waals surface area contributed by atoms with Crippen LogP contribution in [0.25, 0.3) is 6.08 Å². The van der Waals surface area contributed by atoms with E-state index in [-0.39, 0.29) is 41.8 Å². The maximum Gasteiger partial charge on any atom is 0.330 e. The molecule has 3 aromatic carbocycles. The summed E-state index contributed by atoms with van der Waals surface area (Å²) in [6, 6.07) is 16.7. The molecule has 0 bridgehead atoms. The van der Waals surface area contributed by atoms with Gasteiger partial charge in [-0.3, -0.25) is 0 Å². The summed E-state index contributed by atoms with van der Waals surface area (Å²) >= 11 is 0. The first-order valence-corrected chi connectivity index (χ1v) is 11.9. The molecule has 8 nitrogen and oxygen atoms in total. The second-order valence-electron chi connectivity index (χ2n) is 8.87. The SMILES string of the molecule is COc1cc(C[C@H]2CO[C@H](c3ccc(O)c(OC)c3)[C@H]2COC(=O)/C=C/c2ccc(O)cc2)ccc1O. The van der Waals surface area contributed by atoms with Crippen molar-refractivity contribution >= 4 is 12.0 Å². The second-order valence-corrected chi connectivity index (χ2v) is 8.87. The Morgan fingerprint density at radius 1 is 0.946 bits per heavy atom. The van der Waals surface area contributed by atoms with Gasteiger partial charge in [0, 0.05) is 12.0 Å². The first-order valence-electron chi connectivity index (χ1n) is 11.9. The fourth-order valence-corrected chi connectivity index (χ4v) is 4.50. The Labute approximate surface area is 215 Å². The molecule has 1 aliphatic heterocycles. The summed E-state index contributed by atoms with van der Waals surface area (Å²) in [7, 11) is 2.98. The van der Waals surface area contributed by atoms with Crippen molar-refractivity contribution in [2.45, 2.75) is 12.5 Å². The van der Waals surface area contributed by atoms with Crippen LogP contribution >= 0.6 is 0 Å². The minimum absolute atomic E-state index is 0.00734. The van der Waals surface area contributed by atoms with Gasteiger partial charge in [0.1, 0.15) is 5.75 Å². The molecule has 0 unspecified atom stereocenters. The minimum Gasteiger partial charge on any atom is -0.508 e. The van der Waals surface area contributed by atoms with Gasteiger partial charge in [-0.05, 0) is 71.5 Å². The Morgan fingerprint density at radius 3 is 2.32 bits per heavy atom. The van der Waals surface area contributed by atoms with Gasteiger partial charge in [-0.2, -0.15) is 0 Å². The molecule has 3 atom stereocenters. The van der Waals surface area contributed by atoms with Crippen LogP contribution in [0.5, 0.6) is 28.7 Å². The van der Waals surface area contributed by atoms with Crippen LogP contribution in [0.15, 0.2) is 66.7 Å². The molecule has 4 rings (SSSR count). The van der Waals surface area contributed by atoms with Crippen molar-refractivity contribution in [1.29, 1.82) is 0 Å². The summed E-state index contributed by atoms with van der Waals surface area (Å²) in [6.45, 7) is 0.551. The average molecular weight is 507 g/mol. The predicted octanol–water partition coefficient (Wildman–Crippen LogP) is 4.62. The van der Waals surface area contributed by atoms with E-state index in [9.17, 15) is 20.1 Å². The topological polar surface area (TPSA) is 115 Å². The van der Waals surface area contributed by atoms with Crippen molar-refractivity contribution < 1.29 is 39.1 Å². The van der Waals surface area contributed by atoms with Gasteiger partial charge in [0.2, 0.25) is 0 Å². The first-order chi connectivity index (χ1) is 17.9. The van der Waals surface area contributed by atoms with E-state index in [0.717, 1.165) is 16.7 Å². The molecule has 1 saturated heterocycles. The maximum absolute atomic E-state index is 12.5. The monoisotopic (exact) mass is 506 g/mol. The maximum atomic E-state index is 12.5. The molecular weight excluding hydrogens is 476 g/mol. The summed E-state index contributed by atoms with van der Waals surface area (Å²) in [5, 5.41) is 29.4. The molecule has 0 saturated carbocycles. The van der Waals surface area contributed by atoms with Crippen LogP contribution in [-0.2, 0) is 20.7 Å². The van der Waals surface area contributed by atoms with E-state index in [2.05, 4.69) is 0 Å². The van der Waals surface area contributed by atoms with E-state index in [1.807, 2.05) is 6.07 Å². The fourth-order valence-electron chi connectivity index (χ4n) is 4.50. The van der Waals surface area contributed by atoms with Gasteiger partial charge < -0.3 is 34.3 Å². The number of carbonyl (C=O) groups is 1. The molecule has 1 aliphatic rings. The number of aromatic hydroxyl groups is 3. The molecule has 0 aliphatic carbocycles. The van der Waals surface area contributed by atoms with E-state index in [1.54, 1.807) is 60.7 Å². The van der Waals surface area contributed by atoms with Gasteiger partial charge in [0.25, 0.3) is 0 Å². The molecule has 8 heteroatoms. The van der Waals surface area contributed by atoms with Gasteiger partial charge in [-0.25, -0.2) is 4.79 Å². The van der Waals surface area contributed by atoms with Crippen molar-refractivity contribution in [3.8, 4) is 28.7 Å². The smallest absolute Gasteiger partial charge is 0.330 e. The number of carbonyl (C=O) groups excluding carboxylic acids is 1. The molecule has 0 amide bonds. The number of hydrogen-bond donors (Lipinski definition) is 3. The molecule has 1 fully saturated rings. The van der Waals surface area contributed by atoms with E-state index in [1.165, 1.54) is 20.3 Å². The van der Waals surface area contributed by atoms with Crippen LogP contribution in [-0.4, -0.2) is 48.7 Å². The lowest BCUT2D eigenvalue weighted by Gasteiger charge is -2.23. The lowest BCUT2D eigenvalue weighted by molar-refractivity contribution is -0.139. The lowest BCUT2D eigenvalue weighted by atomic mass is 9.84. The normalized spacial score (nSPS) is 19.1. The number of phenolic OH excluding ortho intramolecular Hbond substituents is 3. The molecule has 194 valence electrons. The summed E-state index contributed by atoms with van der Waals surface area (Å²) in [5.74, 6) is 0.294. The third-order valence-electron chi connectivity index (χ3n) is 6.48. The number of esters is 1. The van der Waals surface area contributed by atoms with Gasteiger partial charge in [-0.15, -0.1) is 0 Å². The minimum atomic E-state index is -0.493. The van der Waals surface area contributed by atoms with Crippen molar-refractivity contribution in [2.75, 3.05) is 27.4 Å². The third-order valence-corrected chi connectivity index (χ3v) is 6.48. The first kappa shape index (κ1) is 25.9. The van der Waals surface area contributed by atoms with Crippen LogP contribution in [0, 0.1) is 11.8 Å². The largest absolute Gasteiger partial charge is 0.508 e. The molecular formula is C29H30O8. The number of benzene rings is 3. The highest BCUT2D eigenvalue weighted by molar-refractivity contribution is 5.87.